The van der Waals surface area contributed by atoms with Crippen LogP contribution in [0.3, 0.4) is 0 Å². The molecule has 136 valence electrons. The van der Waals surface area contributed by atoms with Crippen molar-refractivity contribution in [2.75, 3.05) is 4.72 Å². The van der Waals surface area contributed by atoms with Gasteiger partial charge in [0.15, 0.2) is 0 Å². The Balaban J connectivity index is 2.14. The highest BCUT2D eigenvalue weighted by Crippen LogP contribution is 2.31. The molecule has 0 radical (unpaired) electrons. The standard InChI is InChI=1S/C18H21N5O2S/c1-11-12(2)14(4)18(15(5)13(11)3)26(24,25)20-16-8-6-7-9-17(16)23-10-19-21-22-23/h6-10,20H,1-5H3. The lowest BCUT2D eigenvalue weighted by Gasteiger charge is -2.20. The van der Waals surface area contributed by atoms with Crippen molar-refractivity contribution in [1.29, 1.82) is 0 Å². The van der Waals surface area contributed by atoms with Gasteiger partial charge in [-0.2, -0.15) is 4.68 Å². The zero-order valence-electron chi connectivity index (χ0n) is 15.4. The summed E-state index contributed by atoms with van der Waals surface area (Å²) < 4.78 is 30.5. The molecule has 0 aliphatic heterocycles. The Hall–Kier alpha value is -2.74. The number of benzene rings is 2. The normalized spacial score (nSPS) is 11.6. The first kappa shape index (κ1) is 18.1. The molecule has 1 heterocycles. The van der Waals surface area contributed by atoms with Crippen LogP contribution >= 0.6 is 0 Å². The first-order valence-electron chi connectivity index (χ1n) is 8.16. The summed E-state index contributed by atoms with van der Waals surface area (Å²) in [7, 11) is -3.78. The molecule has 0 aliphatic rings. The van der Waals surface area contributed by atoms with Crippen molar-refractivity contribution in [3.8, 4) is 5.69 Å². The molecule has 3 aromatic rings. The lowest BCUT2D eigenvalue weighted by atomic mass is 9.95. The second kappa shape index (κ2) is 6.53. The summed E-state index contributed by atoms with van der Waals surface area (Å²) in [6.07, 6.45) is 1.42. The topological polar surface area (TPSA) is 89.8 Å². The number of nitrogens with one attached hydrogen (secondary N) is 1. The van der Waals surface area contributed by atoms with Gasteiger partial charge in [-0.1, -0.05) is 12.1 Å². The van der Waals surface area contributed by atoms with Gasteiger partial charge in [-0.3, -0.25) is 4.72 Å². The largest absolute Gasteiger partial charge is 0.277 e. The Morgan fingerprint density at radius 3 is 2.04 bits per heavy atom. The Morgan fingerprint density at radius 2 is 1.46 bits per heavy atom. The van der Waals surface area contributed by atoms with E-state index in [2.05, 4.69) is 20.2 Å². The van der Waals surface area contributed by atoms with Crippen LogP contribution in [0.15, 0.2) is 35.5 Å². The summed E-state index contributed by atoms with van der Waals surface area (Å²) in [6, 6.07) is 7.00. The molecule has 0 saturated heterocycles. The van der Waals surface area contributed by atoms with Crippen molar-refractivity contribution in [1.82, 2.24) is 20.2 Å². The highest BCUT2D eigenvalue weighted by molar-refractivity contribution is 7.92. The number of para-hydroxylation sites is 2. The number of aromatic nitrogens is 4. The highest BCUT2D eigenvalue weighted by Gasteiger charge is 2.24. The average Bonchev–Trinajstić information content (AvgIpc) is 3.12. The van der Waals surface area contributed by atoms with E-state index in [-0.39, 0.29) is 0 Å². The van der Waals surface area contributed by atoms with Gasteiger partial charge < -0.3 is 0 Å². The molecule has 1 N–H and O–H groups in total. The van der Waals surface area contributed by atoms with Gasteiger partial charge in [0.25, 0.3) is 10.0 Å². The number of nitrogens with zero attached hydrogens (tertiary/aromatic N) is 4. The number of hydrogen-bond acceptors (Lipinski definition) is 5. The molecule has 0 unspecified atom stereocenters. The molecule has 3 rings (SSSR count). The minimum absolute atomic E-state index is 0.324. The Labute approximate surface area is 153 Å². The van der Waals surface area contributed by atoms with E-state index in [1.54, 1.807) is 24.3 Å². The molecule has 0 spiro atoms. The third kappa shape index (κ3) is 2.96. The molecule has 0 aliphatic carbocycles. The van der Waals surface area contributed by atoms with E-state index in [0.717, 1.165) is 27.8 Å². The van der Waals surface area contributed by atoms with Crippen LogP contribution < -0.4 is 4.72 Å². The van der Waals surface area contributed by atoms with E-state index in [1.807, 2.05) is 34.6 Å². The monoisotopic (exact) mass is 371 g/mol. The van der Waals surface area contributed by atoms with Crippen molar-refractivity contribution < 1.29 is 8.42 Å². The van der Waals surface area contributed by atoms with Gasteiger partial charge in [-0.25, -0.2) is 8.42 Å². The fourth-order valence-corrected chi connectivity index (χ4v) is 4.77. The quantitative estimate of drug-likeness (QED) is 0.761. The zero-order chi connectivity index (χ0) is 19.1. The Kier molecular flexibility index (Phi) is 4.53. The fraction of sp³-hybridized carbons (Fsp3) is 0.278. The maximum atomic E-state index is 13.2. The van der Waals surface area contributed by atoms with E-state index in [9.17, 15) is 8.42 Å². The highest BCUT2D eigenvalue weighted by atomic mass is 32.2. The van der Waals surface area contributed by atoms with E-state index < -0.39 is 10.0 Å². The number of sulfonamides is 1. The molecule has 7 nitrogen and oxygen atoms in total. The SMILES string of the molecule is Cc1c(C)c(C)c(S(=O)(=O)Nc2ccccc2-n2cnnn2)c(C)c1C. The molecule has 0 bridgehead atoms. The van der Waals surface area contributed by atoms with Crippen LogP contribution in [0.4, 0.5) is 5.69 Å². The van der Waals surface area contributed by atoms with Gasteiger partial charge in [0.2, 0.25) is 0 Å². The summed E-state index contributed by atoms with van der Waals surface area (Å²) in [4.78, 5) is 0.324. The number of hydrogen-bond donors (Lipinski definition) is 1. The van der Waals surface area contributed by atoms with E-state index in [4.69, 9.17) is 0 Å². The molecular weight excluding hydrogens is 350 g/mol. The Morgan fingerprint density at radius 1 is 0.885 bits per heavy atom. The lowest BCUT2D eigenvalue weighted by Crippen LogP contribution is -2.19. The predicted octanol–water partition coefficient (Wildman–Crippen LogP) is 3.01. The van der Waals surface area contributed by atoms with Crippen molar-refractivity contribution >= 4 is 15.7 Å². The van der Waals surface area contributed by atoms with Gasteiger partial charge in [-0.05, 0) is 85.0 Å². The molecule has 0 atom stereocenters. The minimum Gasteiger partial charge on any atom is -0.277 e. The summed E-state index contributed by atoms with van der Waals surface area (Å²) in [5.74, 6) is 0. The average molecular weight is 371 g/mol. The van der Waals surface area contributed by atoms with Crippen molar-refractivity contribution in [2.24, 2.45) is 0 Å². The van der Waals surface area contributed by atoms with Crippen molar-refractivity contribution in [3.63, 3.8) is 0 Å². The number of tetrazole rings is 1. The van der Waals surface area contributed by atoms with Crippen LogP contribution in [-0.2, 0) is 10.0 Å². The van der Waals surface area contributed by atoms with Gasteiger partial charge in [-0.15, -0.1) is 5.10 Å². The summed E-state index contributed by atoms with van der Waals surface area (Å²) >= 11 is 0. The zero-order valence-corrected chi connectivity index (χ0v) is 16.2. The lowest BCUT2D eigenvalue weighted by molar-refractivity contribution is 0.599. The summed E-state index contributed by atoms with van der Waals surface area (Å²) in [5, 5.41) is 11.1. The Bertz CT molecular complexity index is 1040. The number of anilines is 1. The minimum atomic E-state index is -3.78. The summed E-state index contributed by atoms with van der Waals surface area (Å²) in [6.45, 7) is 9.60. The molecule has 0 amide bonds. The van der Waals surface area contributed by atoms with Crippen LogP contribution in [0.2, 0.25) is 0 Å². The van der Waals surface area contributed by atoms with Gasteiger partial charge in [0.1, 0.15) is 6.33 Å². The third-order valence-corrected chi connectivity index (χ3v) is 6.58. The first-order valence-corrected chi connectivity index (χ1v) is 9.64. The smallest absolute Gasteiger partial charge is 0.262 e. The molecule has 0 saturated carbocycles. The molecule has 1 aromatic heterocycles. The van der Waals surface area contributed by atoms with Gasteiger partial charge in [0, 0.05) is 0 Å². The summed E-state index contributed by atoms with van der Waals surface area (Å²) in [5.41, 5.74) is 5.58. The molecule has 8 heteroatoms. The van der Waals surface area contributed by atoms with E-state index >= 15 is 0 Å². The van der Waals surface area contributed by atoms with Crippen molar-refractivity contribution in [2.45, 2.75) is 39.5 Å². The molecular formula is C18H21N5O2S. The van der Waals surface area contributed by atoms with Crippen molar-refractivity contribution in [3.05, 3.63) is 58.4 Å². The molecule has 2 aromatic carbocycles. The second-order valence-electron chi connectivity index (χ2n) is 6.33. The first-order chi connectivity index (χ1) is 12.2. The second-order valence-corrected chi connectivity index (χ2v) is 7.95. The fourth-order valence-electron chi connectivity index (χ4n) is 3.10. The van der Waals surface area contributed by atoms with Crippen LogP contribution in [0, 0.1) is 34.6 Å². The third-order valence-electron chi connectivity index (χ3n) is 4.94. The van der Waals surface area contributed by atoms with Crippen LogP contribution in [0.1, 0.15) is 27.8 Å². The molecule has 26 heavy (non-hydrogen) atoms. The van der Waals surface area contributed by atoms with Crippen LogP contribution in [0.25, 0.3) is 5.69 Å². The maximum Gasteiger partial charge on any atom is 0.262 e. The van der Waals surface area contributed by atoms with E-state index in [1.165, 1.54) is 11.0 Å². The van der Waals surface area contributed by atoms with Gasteiger partial charge >= 0.3 is 0 Å². The van der Waals surface area contributed by atoms with E-state index in [0.29, 0.717) is 16.3 Å². The van der Waals surface area contributed by atoms with Crippen LogP contribution in [-0.4, -0.2) is 28.6 Å². The molecule has 0 fully saturated rings. The maximum absolute atomic E-state index is 13.2. The van der Waals surface area contributed by atoms with Gasteiger partial charge in [0.05, 0.1) is 16.3 Å². The van der Waals surface area contributed by atoms with Crippen LogP contribution in [0.5, 0.6) is 0 Å². The predicted molar refractivity (Wildman–Crippen MR) is 100 cm³/mol. The number of rotatable bonds is 4.